The Kier molecular flexibility index (Phi) is 104. The van der Waals surface area contributed by atoms with E-state index in [9.17, 15) is 0 Å². The summed E-state index contributed by atoms with van der Waals surface area (Å²) in [7, 11) is 7.71. The first-order valence-corrected chi connectivity index (χ1v) is 13.5. The molecule has 19 nitrogen and oxygen atoms in total. The molecule has 0 unspecified atom stereocenters. The largest absolute Gasteiger partial charge is 0.652 e. The van der Waals surface area contributed by atoms with Crippen molar-refractivity contribution in [2.24, 2.45) is 17.8 Å². The number of aliphatic hydroxyl groups is 5. The van der Waals surface area contributed by atoms with E-state index < -0.39 is 18.5 Å². The first-order valence-electron chi connectivity index (χ1n) is 13.5. The third-order valence-corrected chi connectivity index (χ3v) is 3.21. The van der Waals surface area contributed by atoms with Crippen LogP contribution in [0.25, 0.3) is 0 Å². The molecule has 0 aliphatic rings. The van der Waals surface area contributed by atoms with Crippen LogP contribution in [0.3, 0.4) is 0 Å². The highest BCUT2D eigenvalue weighted by molar-refractivity contribution is 5.53. The van der Waals surface area contributed by atoms with Crippen LogP contribution in [0, 0.1) is 17.8 Å². The second-order valence-corrected chi connectivity index (χ2v) is 9.65. The van der Waals surface area contributed by atoms with Gasteiger partial charge in [-0.05, 0) is 71.4 Å². The van der Waals surface area contributed by atoms with Crippen LogP contribution in [-0.2, 0) is 9.59 Å². The maximum atomic E-state index is 8.56. The number of hydrogen-bond donors (Lipinski definition) is 8. The van der Waals surface area contributed by atoms with Crippen LogP contribution < -0.4 is 15.3 Å². The molecule has 0 aromatic rings. The average molecular weight is 688 g/mol. The van der Waals surface area contributed by atoms with Crippen molar-refractivity contribution in [2.45, 2.75) is 60.8 Å². The number of aliphatic hydroxyl groups excluding tert-OH is 5. The van der Waals surface area contributed by atoms with Crippen LogP contribution in [0.15, 0.2) is 0 Å². The van der Waals surface area contributed by atoms with Crippen LogP contribution in [0.4, 0.5) is 14.4 Å². The lowest BCUT2D eigenvalue weighted by Crippen LogP contribution is -2.37. The lowest BCUT2D eigenvalue weighted by molar-refractivity contribution is -0.415. The molecule has 0 saturated heterocycles. The predicted octanol–water partition coefficient (Wildman–Crippen LogP) is -2.59. The molecule has 0 amide bonds. The van der Waals surface area contributed by atoms with Gasteiger partial charge in [0.25, 0.3) is 0 Å². The van der Waals surface area contributed by atoms with Crippen molar-refractivity contribution in [3.63, 3.8) is 0 Å². The number of carbonyl (C=O) groups excluding carboxylic acids is 3. The van der Waals surface area contributed by atoms with Crippen molar-refractivity contribution < 1.29 is 85.6 Å². The van der Waals surface area contributed by atoms with Gasteiger partial charge in [-0.25, -0.2) is 4.79 Å². The molecule has 0 fully saturated rings. The second kappa shape index (κ2) is 68.9. The van der Waals surface area contributed by atoms with Gasteiger partial charge in [0.05, 0.1) is 13.2 Å². The van der Waals surface area contributed by atoms with Gasteiger partial charge in [0, 0.05) is 32.9 Å². The third-order valence-electron chi connectivity index (χ3n) is 3.21. The van der Waals surface area contributed by atoms with Crippen molar-refractivity contribution in [3.05, 3.63) is 0 Å². The molecule has 0 saturated carbocycles. The summed E-state index contributed by atoms with van der Waals surface area (Å²) in [5.74, 6) is 1.94. The summed E-state index contributed by atoms with van der Waals surface area (Å²) in [4.78, 5) is 45.4. The van der Waals surface area contributed by atoms with Gasteiger partial charge in [-0.2, -0.15) is 9.59 Å². The van der Waals surface area contributed by atoms with E-state index in [1.807, 2.05) is 38.0 Å². The van der Waals surface area contributed by atoms with Crippen LogP contribution in [0.1, 0.15) is 60.8 Å². The highest BCUT2D eigenvalue weighted by Crippen LogP contribution is 1.95. The van der Waals surface area contributed by atoms with E-state index in [2.05, 4.69) is 41.5 Å². The number of hydrogen-bond acceptors (Lipinski definition) is 15. The monoisotopic (exact) mass is 687 g/mol. The lowest BCUT2D eigenvalue weighted by Gasteiger charge is -2.03. The molecule has 286 valence electrons. The minimum absolute atomic E-state index is 0. The molecule has 0 aliphatic carbocycles. The summed E-state index contributed by atoms with van der Waals surface area (Å²) in [6.45, 7) is 15.6. The molecule has 0 aliphatic heterocycles. The van der Waals surface area contributed by atoms with E-state index in [1.54, 1.807) is 0 Å². The smallest absolute Gasteiger partial charge is 0.503 e. The fourth-order valence-corrected chi connectivity index (χ4v) is 1.17. The molecule has 10 N–H and O–H groups in total. The van der Waals surface area contributed by atoms with E-state index in [0.29, 0.717) is 37.6 Å². The minimum Gasteiger partial charge on any atom is -0.652 e. The molecule has 0 bridgehead atoms. The molecule has 0 heterocycles. The first kappa shape index (κ1) is 69.6. The highest BCUT2D eigenvalue weighted by atomic mass is 16.6. The van der Waals surface area contributed by atoms with Gasteiger partial charge in [-0.15, -0.1) is 0 Å². The zero-order valence-corrected chi connectivity index (χ0v) is 29.0. The maximum absolute atomic E-state index is 8.56. The molecule has 0 spiro atoms. The van der Waals surface area contributed by atoms with E-state index >= 15 is 0 Å². The normalized spacial score (nSPS) is 8.26. The molecule has 0 radical (unpaired) electrons. The molecule has 0 aromatic carbocycles. The molecular weight excluding hydrogens is 624 g/mol. The molecule has 0 aromatic heterocycles. The summed E-state index contributed by atoms with van der Waals surface area (Å²) >= 11 is 0. The number of carboxylic acid groups (broad SMARTS) is 6. The summed E-state index contributed by atoms with van der Waals surface area (Å²) in [6.07, 6.45) is -3.21. The topological polar surface area (TPSA) is 354 Å². The third kappa shape index (κ3) is 461. The van der Waals surface area contributed by atoms with Gasteiger partial charge in [-0.3, -0.25) is 0 Å². The Morgan fingerprint density at radius 2 is 0.696 bits per heavy atom. The number of carbonyl (C=O) groups is 3. The zero-order valence-electron chi connectivity index (χ0n) is 29.0. The summed E-state index contributed by atoms with van der Waals surface area (Å²) < 4.78 is 0. The minimum atomic E-state index is -2.33. The summed E-state index contributed by atoms with van der Waals surface area (Å²) in [5, 5.41) is 87.0. The van der Waals surface area contributed by atoms with Gasteiger partial charge in [-0.1, -0.05) is 41.5 Å². The Labute approximate surface area is 273 Å². The van der Waals surface area contributed by atoms with Crippen molar-refractivity contribution in [1.29, 1.82) is 0 Å². The van der Waals surface area contributed by atoms with E-state index in [0.717, 1.165) is 32.4 Å². The fourth-order valence-electron chi connectivity index (χ4n) is 1.17. The molecule has 19 heteroatoms. The van der Waals surface area contributed by atoms with Crippen LogP contribution >= 0.6 is 0 Å². The Morgan fingerprint density at radius 3 is 0.696 bits per heavy atom. The molecule has 0 rings (SSSR count). The van der Waals surface area contributed by atoms with Crippen LogP contribution in [-0.4, -0.2) is 155 Å². The highest BCUT2D eigenvalue weighted by Gasteiger charge is 1.88. The maximum Gasteiger partial charge on any atom is 0.503 e. The van der Waals surface area contributed by atoms with E-state index in [4.69, 9.17) is 80.1 Å². The van der Waals surface area contributed by atoms with Gasteiger partial charge >= 0.3 is 12.3 Å². The second-order valence-electron chi connectivity index (χ2n) is 9.65. The van der Waals surface area contributed by atoms with E-state index in [1.165, 1.54) is 0 Å². The van der Waals surface area contributed by atoms with Gasteiger partial charge in [0.2, 0.25) is 6.16 Å². The number of rotatable bonds is 10. The summed E-state index contributed by atoms with van der Waals surface area (Å²) in [6, 6.07) is 0. The van der Waals surface area contributed by atoms with Gasteiger partial charge in [0.1, 0.15) is 0 Å². The van der Waals surface area contributed by atoms with Crippen molar-refractivity contribution >= 4 is 24.6 Å². The Morgan fingerprint density at radius 1 is 0.565 bits per heavy atom. The molecule has 46 heavy (non-hydrogen) atoms. The lowest BCUT2D eigenvalue weighted by atomic mass is 10.2. The number of nitrogens with zero attached hydrogens (tertiary/aromatic N) is 2. The van der Waals surface area contributed by atoms with Gasteiger partial charge in [0.15, 0.2) is 0 Å². The SMILES string of the molecule is CC(C)CCO.CC(C)CCO.CC(C)CCO.CN(C)CCO.CN(C)CCO.O.O=C(O)O.O=C([O-])O.O=C([O-])[O-].O=C=O. The zero-order chi connectivity index (χ0) is 38.4. The van der Waals surface area contributed by atoms with Crippen molar-refractivity contribution in [3.8, 4) is 0 Å². The Bertz CT molecular complexity index is 474. The van der Waals surface area contributed by atoms with Crippen molar-refractivity contribution in [2.75, 3.05) is 74.3 Å². The standard InChI is InChI=1S/3C5H12O.2C4H11NO.3CH2O3.CO2.H2O/c5*1-5(2)3-4-6;3*2-1(3)4;2-1-3;/h3*5-6H,3-4H2,1-2H3;2*6H,3-4H2,1-2H3;3*(H2,2,3,4);;1H2/p-3. The Hall–Kier alpha value is -3.13. The Balaban J connectivity index is -0.0000000399. The van der Waals surface area contributed by atoms with Crippen LogP contribution in [0.2, 0.25) is 0 Å². The molecule has 0 atom stereocenters. The van der Waals surface area contributed by atoms with Crippen molar-refractivity contribution in [1.82, 2.24) is 9.80 Å². The fraction of sp³-hybridized carbons (Fsp3) is 0.852. The first-order chi connectivity index (χ1) is 20.5. The quantitative estimate of drug-likeness (QED) is 0.117. The summed E-state index contributed by atoms with van der Waals surface area (Å²) in [5.41, 5.74) is 0. The number of likely N-dealkylation sites (N-methyl/N-ethyl adjacent to an activating group) is 2. The van der Waals surface area contributed by atoms with Gasteiger partial charge < -0.3 is 81.0 Å². The predicted molar refractivity (Wildman–Crippen MR) is 164 cm³/mol. The molecular formula is C27H63N2O17-3. The van der Waals surface area contributed by atoms with Crippen LogP contribution in [0.5, 0.6) is 0 Å². The van der Waals surface area contributed by atoms with E-state index in [-0.39, 0.29) is 24.8 Å². The average Bonchev–Trinajstić information content (AvgIpc) is 2.80.